The summed E-state index contributed by atoms with van der Waals surface area (Å²) < 4.78 is 6.07. The molecule has 0 amide bonds. The highest BCUT2D eigenvalue weighted by Crippen LogP contribution is 2.31. The summed E-state index contributed by atoms with van der Waals surface area (Å²) >= 11 is 11.2. The molecule has 0 saturated carbocycles. The average Bonchev–Trinajstić information content (AvgIpc) is 2.67. The molecule has 2 aromatic rings. The van der Waals surface area contributed by atoms with E-state index < -0.39 is 0 Å². The molecule has 0 aromatic heterocycles. The molecule has 0 bridgehead atoms. The molecule has 2 aliphatic rings. The van der Waals surface area contributed by atoms with Gasteiger partial charge in [0.1, 0.15) is 11.5 Å². The normalized spacial score (nSPS) is 19.3. The number of nitrogens with zero attached hydrogens (tertiary/aromatic N) is 2. The van der Waals surface area contributed by atoms with Crippen LogP contribution in [0.3, 0.4) is 0 Å². The first-order valence-corrected chi connectivity index (χ1v) is 11.8. The number of ether oxygens (including phenoxy) is 1. The van der Waals surface area contributed by atoms with Crippen LogP contribution in [0.25, 0.3) is 0 Å². The van der Waals surface area contributed by atoms with Crippen LogP contribution in [-0.2, 0) is 0 Å². The predicted molar refractivity (Wildman–Crippen MR) is 145 cm³/mol. The van der Waals surface area contributed by atoms with Crippen LogP contribution in [0.1, 0.15) is 41.5 Å². The smallest absolute Gasteiger partial charge is 0.178 e. The van der Waals surface area contributed by atoms with Gasteiger partial charge in [0.2, 0.25) is 0 Å². The summed E-state index contributed by atoms with van der Waals surface area (Å²) in [4.78, 5) is 4.07. The van der Waals surface area contributed by atoms with E-state index in [-0.39, 0.29) is 11.1 Å². The Bertz CT molecular complexity index is 1060. The summed E-state index contributed by atoms with van der Waals surface area (Å²) in [6.07, 6.45) is 4.35. The fourth-order valence-corrected chi connectivity index (χ4v) is 5.36. The summed E-state index contributed by atoms with van der Waals surface area (Å²) in [5, 5.41) is 8.11. The number of thiocarbonyl (C=S) groups is 2. The zero-order chi connectivity index (χ0) is 24.0. The molecule has 0 fully saturated rings. The first kappa shape index (κ1) is 23.3. The topological polar surface area (TPSA) is 39.8 Å². The van der Waals surface area contributed by atoms with Gasteiger partial charge in [-0.2, -0.15) is 0 Å². The van der Waals surface area contributed by atoms with Crippen LogP contribution >= 0.6 is 24.4 Å². The quantitative estimate of drug-likeness (QED) is 0.505. The van der Waals surface area contributed by atoms with E-state index in [9.17, 15) is 0 Å². The monoisotopic (exact) mass is 478 g/mol. The van der Waals surface area contributed by atoms with E-state index in [1.54, 1.807) is 0 Å². The lowest BCUT2D eigenvalue weighted by Crippen LogP contribution is -2.53. The van der Waals surface area contributed by atoms with Crippen LogP contribution in [0.15, 0.2) is 72.1 Å². The zero-order valence-electron chi connectivity index (χ0n) is 19.9. The number of benzene rings is 2. The first-order chi connectivity index (χ1) is 15.4. The number of allylic oxidation sites excluding steroid dienone is 2. The van der Waals surface area contributed by atoms with Crippen molar-refractivity contribution >= 4 is 46.0 Å². The maximum absolute atomic E-state index is 6.07. The third-order valence-electron chi connectivity index (χ3n) is 5.53. The van der Waals surface area contributed by atoms with Crippen molar-refractivity contribution in [2.75, 3.05) is 9.80 Å². The van der Waals surface area contributed by atoms with Gasteiger partial charge in [-0.1, -0.05) is 0 Å². The van der Waals surface area contributed by atoms with Crippen molar-refractivity contribution in [2.24, 2.45) is 0 Å². The van der Waals surface area contributed by atoms with E-state index in [2.05, 4.69) is 64.3 Å². The van der Waals surface area contributed by atoms with Gasteiger partial charge in [-0.3, -0.25) is 9.80 Å². The first-order valence-electron chi connectivity index (χ1n) is 11.0. The Hall–Kier alpha value is -2.90. The number of nitrogens with one attached hydrogen (secondary N) is 2. The highest BCUT2D eigenvalue weighted by atomic mass is 32.1. The molecule has 33 heavy (non-hydrogen) atoms. The number of hydrogen-bond donors (Lipinski definition) is 2. The largest absolute Gasteiger partial charge is 0.457 e. The van der Waals surface area contributed by atoms with Crippen LogP contribution < -0.4 is 25.2 Å². The van der Waals surface area contributed by atoms with Gasteiger partial charge in [-0.05, 0) is 127 Å². The van der Waals surface area contributed by atoms with Gasteiger partial charge in [-0.25, -0.2) is 0 Å². The van der Waals surface area contributed by atoms with Gasteiger partial charge >= 0.3 is 0 Å². The van der Waals surface area contributed by atoms with E-state index >= 15 is 0 Å². The fraction of sp³-hybridized carbons (Fsp3) is 0.308. The van der Waals surface area contributed by atoms with E-state index in [0.29, 0.717) is 10.2 Å². The Labute approximate surface area is 207 Å². The van der Waals surface area contributed by atoms with Crippen molar-refractivity contribution in [1.29, 1.82) is 0 Å². The van der Waals surface area contributed by atoms with Crippen molar-refractivity contribution in [3.63, 3.8) is 0 Å². The molecular weight excluding hydrogens is 448 g/mol. The SMILES string of the molecule is CC1=CC(C)(C)NC(=S)N1c1ccc(Oc2ccc(N3C(=S)NC(C)(C)C=C3C)cc2)cc1. The highest BCUT2D eigenvalue weighted by Gasteiger charge is 2.28. The zero-order valence-corrected chi connectivity index (χ0v) is 21.5. The Kier molecular flexibility index (Phi) is 5.97. The number of hydrogen-bond acceptors (Lipinski definition) is 3. The minimum Gasteiger partial charge on any atom is -0.457 e. The highest BCUT2D eigenvalue weighted by molar-refractivity contribution is 7.80. The maximum atomic E-state index is 6.07. The molecule has 5 nitrogen and oxygen atoms in total. The Morgan fingerprint density at radius 1 is 0.636 bits per heavy atom. The van der Waals surface area contributed by atoms with Crippen LogP contribution in [0, 0.1) is 0 Å². The second-order valence-corrected chi connectivity index (χ2v) is 10.4. The molecule has 0 saturated heterocycles. The summed E-state index contributed by atoms with van der Waals surface area (Å²) in [6, 6.07) is 15.9. The molecule has 0 unspecified atom stereocenters. The van der Waals surface area contributed by atoms with E-state index in [1.807, 2.05) is 58.3 Å². The fourth-order valence-electron chi connectivity index (χ4n) is 4.33. The Morgan fingerprint density at radius 3 is 1.27 bits per heavy atom. The summed E-state index contributed by atoms with van der Waals surface area (Å²) in [5.41, 5.74) is 3.90. The third-order valence-corrected chi connectivity index (χ3v) is 6.10. The van der Waals surface area contributed by atoms with Gasteiger partial charge in [0, 0.05) is 22.8 Å². The van der Waals surface area contributed by atoms with Gasteiger partial charge in [0.05, 0.1) is 11.1 Å². The second kappa shape index (κ2) is 8.47. The van der Waals surface area contributed by atoms with Crippen LogP contribution in [0.5, 0.6) is 11.5 Å². The molecular formula is C26H30N4OS2. The molecule has 172 valence electrons. The molecule has 2 aromatic carbocycles. The molecule has 4 rings (SSSR count). The average molecular weight is 479 g/mol. The van der Waals surface area contributed by atoms with E-state index in [4.69, 9.17) is 29.2 Å². The van der Waals surface area contributed by atoms with Crippen molar-refractivity contribution in [3.05, 3.63) is 72.1 Å². The molecule has 0 spiro atoms. The van der Waals surface area contributed by atoms with Gasteiger partial charge in [0.15, 0.2) is 10.2 Å². The van der Waals surface area contributed by atoms with Crippen LogP contribution in [-0.4, -0.2) is 21.3 Å². The van der Waals surface area contributed by atoms with Crippen molar-refractivity contribution < 1.29 is 4.74 Å². The molecule has 2 aliphatic heterocycles. The van der Waals surface area contributed by atoms with Crippen molar-refractivity contribution in [2.45, 2.75) is 52.6 Å². The second-order valence-electron chi connectivity index (χ2n) is 9.64. The Balaban J connectivity index is 1.47. The van der Waals surface area contributed by atoms with Crippen LogP contribution in [0.4, 0.5) is 11.4 Å². The lowest BCUT2D eigenvalue weighted by molar-refractivity contribution is 0.482. The van der Waals surface area contributed by atoms with Gasteiger partial charge in [-0.15, -0.1) is 0 Å². The minimum absolute atomic E-state index is 0.147. The molecule has 0 aliphatic carbocycles. The minimum atomic E-state index is -0.147. The predicted octanol–water partition coefficient (Wildman–Crippen LogP) is 6.23. The summed E-state index contributed by atoms with van der Waals surface area (Å²) in [6.45, 7) is 12.6. The lowest BCUT2D eigenvalue weighted by atomic mass is 10.0. The molecule has 7 heteroatoms. The van der Waals surface area contributed by atoms with E-state index in [1.165, 1.54) is 0 Å². The Morgan fingerprint density at radius 2 is 0.970 bits per heavy atom. The van der Waals surface area contributed by atoms with E-state index in [0.717, 1.165) is 34.3 Å². The van der Waals surface area contributed by atoms with Crippen molar-refractivity contribution in [3.8, 4) is 11.5 Å². The van der Waals surface area contributed by atoms with Gasteiger partial charge < -0.3 is 15.4 Å². The lowest BCUT2D eigenvalue weighted by Gasteiger charge is -2.38. The number of rotatable bonds is 4. The van der Waals surface area contributed by atoms with Gasteiger partial charge in [0.25, 0.3) is 0 Å². The standard InChI is InChI=1S/C26H30N4OS2/c1-17-15-25(3,4)27-23(32)29(17)19-7-11-21(12-8-19)31-22-13-9-20(10-14-22)30-18(2)16-26(5,6)28-24(30)33/h7-16H,1-6H3,(H,27,32)(H,28,33). The summed E-state index contributed by atoms with van der Waals surface area (Å²) in [5.74, 6) is 1.52. The maximum Gasteiger partial charge on any atom is 0.178 e. The van der Waals surface area contributed by atoms with Crippen LogP contribution in [0.2, 0.25) is 0 Å². The molecule has 2 heterocycles. The summed E-state index contributed by atoms with van der Waals surface area (Å²) in [7, 11) is 0. The number of anilines is 2. The molecule has 0 radical (unpaired) electrons. The molecule has 2 N–H and O–H groups in total. The molecule has 0 atom stereocenters. The van der Waals surface area contributed by atoms with Crippen molar-refractivity contribution in [1.82, 2.24) is 10.6 Å². The third kappa shape index (κ3) is 5.04.